The zero-order chi connectivity index (χ0) is 21.8. The Morgan fingerprint density at radius 1 is 1.13 bits per heavy atom. The molecule has 31 heavy (non-hydrogen) atoms. The lowest BCUT2D eigenvalue weighted by molar-refractivity contribution is -0.0520. The summed E-state index contributed by atoms with van der Waals surface area (Å²) < 4.78 is 17.3. The van der Waals surface area contributed by atoms with Gasteiger partial charge in [0.1, 0.15) is 6.61 Å². The van der Waals surface area contributed by atoms with E-state index in [4.69, 9.17) is 14.2 Å². The lowest BCUT2D eigenvalue weighted by Gasteiger charge is -2.43. The van der Waals surface area contributed by atoms with Crippen molar-refractivity contribution in [1.29, 1.82) is 0 Å². The summed E-state index contributed by atoms with van der Waals surface area (Å²) in [7, 11) is 5.81. The average Bonchev–Trinajstić information content (AvgIpc) is 3.15. The second-order valence-electron chi connectivity index (χ2n) is 9.57. The summed E-state index contributed by atoms with van der Waals surface area (Å²) in [5, 5.41) is 10.9. The van der Waals surface area contributed by atoms with E-state index >= 15 is 0 Å². The van der Waals surface area contributed by atoms with Gasteiger partial charge >= 0.3 is 0 Å². The first-order chi connectivity index (χ1) is 15.0. The van der Waals surface area contributed by atoms with Crippen LogP contribution in [0.2, 0.25) is 0 Å². The standard InChI is InChI=1S/C24H39N3O4/c1-25(2)7-12-31-24-18(5-4-6-23(24)29-3)15-26-16-19-13-21(22(28)14-20(19)17-26)27-8-10-30-11-9-27/h4-6,19-22,28H,7-17H2,1-3H3/t19-,20+,21-,22-/m1/s1. The predicted octanol–water partition coefficient (Wildman–Crippen LogP) is 1.54. The number of nitrogens with zero attached hydrogens (tertiary/aromatic N) is 3. The van der Waals surface area contributed by atoms with E-state index in [9.17, 15) is 5.11 Å². The van der Waals surface area contributed by atoms with Crippen molar-refractivity contribution >= 4 is 0 Å². The molecule has 1 N–H and O–H groups in total. The molecule has 1 aromatic rings. The highest BCUT2D eigenvalue weighted by Gasteiger charge is 2.43. The third-order valence-corrected chi connectivity index (χ3v) is 7.16. The van der Waals surface area contributed by atoms with Crippen LogP contribution in [0.1, 0.15) is 18.4 Å². The molecule has 2 heterocycles. The number of likely N-dealkylation sites (N-methyl/N-ethyl adjacent to an activating group) is 1. The van der Waals surface area contributed by atoms with Gasteiger partial charge in [-0.15, -0.1) is 0 Å². The molecular weight excluding hydrogens is 394 g/mol. The number of ether oxygens (including phenoxy) is 3. The third-order valence-electron chi connectivity index (χ3n) is 7.16. The van der Waals surface area contributed by atoms with Gasteiger partial charge in [-0.05, 0) is 44.8 Å². The first kappa shape index (κ1) is 22.8. The number of aliphatic hydroxyl groups excluding tert-OH is 1. The second kappa shape index (κ2) is 10.5. The van der Waals surface area contributed by atoms with Gasteiger partial charge in [0.15, 0.2) is 11.5 Å². The molecule has 2 saturated heterocycles. The second-order valence-corrected chi connectivity index (χ2v) is 9.57. The number of hydrogen-bond acceptors (Lipinski definition) is 7. The molecule has 1 aromatic carbocycles. The highest BCUT2D eigenvalue weighted by atomic mass is 16.5. The molecule has 0 spiro atoms. The maximum absolute atomic E-state index is 10.9. The maximum atomic E-state index is 10.9. The van der Waals surface area contributed by atoms with Crippen LogP contribution in [0.3, 0.4) is 0 Å². The van der Waals surface area contributed by atoms with Gasteiger partial charge in [0, 0.05) is 50.9 Å². The van der Waals surface area contributed by atoms with Crippen LogP contribution in [-0.4, -0.2) is 106 Å². The Hall–Kier alpha value is -1.38. The highest BCUT2D eigenvalue weighted by Crippen LogP contribution is 2.40. The van der Waals surface area contributed by atoms with E-state index in [0.717, 1.165) is 76.8 Å². The number of para-hydroxylation sites is 1. The molecule has 1 aliphatic carbocycles. The molecule has 4 atom stereocenters. The van der Waals surface area contributed by atoms with Gasteiger partial charge in [-0.25, -0.2) is 0 Å². The molecule has 4 rings (SSSR count). The van der Waals surface area contributed by atoms with Crippen LogP contribution < -0.4 is 9.47 Å². The molecule has 7 heteroatoms. The van der Waals surface area contributed by atoms with Crippen molar-refractivity contribution in [3.05, 3.63) is 23.8 Å². The normalized spacial score (nSPS) is 29.8. The maximum Gasteiger partial charge on any atom is 0.165 e. The lowest BCUT2D eigenvalue weighted by atomic mass is 9.77. The summed E-state index contributed by atoms with van der Waals surface area (Å²) in [4.78, 5) is 7.11. The van der Waals surface area contributed by atoms with Crippen LogP contribution in [0, 0.1) is 11.8 Å². The Bertz CT molecular complexity index is 710. The summed E-state index contributed by atoms with van der Waals surface area (Å²) in [6.07, 6.45) is 1.78. The van der Waals surface area contributed by atoms with Gasteiger partial charge in [0.2, 0.25) is 0 Å². The Labute approximate surface area is 186 Å². The molecule has 0 bridgehead atoms. The van der Waals surface area contributed by atoms with Gasteiger partial charge in [-0.3, -0.25) is 9.80 Å². The van der Waals surface area contributed by atoms with Crippen molar-refractivity contribution in [1.82, 2.24) is 14.7 Å². The monoisotopic (exact) mass is 433 g/mol. The minimum absolute atomic E-state index is 0.221. The Morgan fingerprint density at radius 3 is 2.58 bits per heavy atom. The summed E-state index contributed by atoms with van der Waals surface area (Å²) in [6, 6.07) is 6.46. The molecule has 1 saturated carbocycles. The van der Waals surface area contributed by atoms with Gasteiger partial charge in [0.25, 0.3) is 0 Å². The van der Waals surface area contributed by atoms with E-state index in [1.54, 1.807) is 7.11 Å². The average molecular weight is 434 g/mol. The topological polar surface area (TPSA) is 57.6 Å². The number of rotatable bonds is 8. The van der Waals surface area contributed by atoms with Gasteiger partial charge in [0.05, 0.1) is 26.4 Å². The van der Waals surface area contributed by atoms with Gasteiger partial charge in [-0.1, -0.05) is 12.1 Å². The van der Waals surface area contributed by atoms with Crippen molar-refractivity contribution < 1.29 is 19.3 Å². The van der Waals surface area contributed by atoms with Crippen LogP contribution in [0.5, 0.6) is 11.5 Å². The van der Waals surface area contributed by atoms with Crippen molar-refractivity contribution in [2.24, 2.45) is 11.8 Å². The van der Waals surface area contributed by atoms with Gasteiger partial charge in [-0.2, -0.15) is 0 Å². The Morgan fingerprint density at radius 2 is 1.87 bits per heavy atom. The molecule has 3 aliphatic rings. The number of hydrogen-bond donors (Lipinski definition) is 1. The van der Waals surface area contributed by atoms with Crippen LogP contribution >= 0.6 is 0 Å². The van der Waals surface area contributed by atoms with E-state index in [1.807, 2.05) is 12.1 Å². The zero-order valence-electron chi connectivity index (χ0n) is 19.3. The molecule has 174 valence electrons. The summed E-state index contributed by atoms with van der Waals surface area (Å²) in [5.74, 6) is 2.90. The van der Waals surface area contributed by atoms with Crippen LogP contribution in [-0.2, 0) is 11.3 Å². The molecule has 7 nitrogen and oxygen atoms in total. The number of benzene rings is 1. The first-order valence-corrected chi connectivity index (χ1v) is 11.7. The molecular formula is C24H39N3O4. The Balaban J connectivity index is 1.40. The van der Waals surface area contributed by atoms with E-state index in [2.05, 4.69) is 34.9 Å². The van der Waals surface area contributed by atoms with E-state index in [0.29, 0.717) is 18.4 Å². The van der Waals surface area contributed by atoms with Crippen molar-refractivity contribution in [2.45, 2.75) is 31.5 Å². The van der Waals surface area contributed by atoms with Gasteiger partial charge < -0.3 is 24.2 Å². The summed E-state index contributed by atoms with van der Waals surface area (Å²) in [5.41, 5.74) is 1.18. The number of fused-ring (bicyclic) bond motifs is 1. The van der Waals surface area contributed by atoms with Crippen LogP contribution in [0.15, 0.2) is 18.2 Å². The quantitative estimate of drug-likeness (QED) is 0.667. The minimum atomic E-state index is -0.221. The zero-order valence-corrected chi connectivity index (χ0v) is 19.3. The molecule has 0 radical (unpaired) electrons. The fourth-order valence-corrected chi connectivity index (χ4v) is 5.52. The van der Waals surface area contributed by atoms with Crippen molar-refractivity contribution in [2.75, 3.05) is 73.7 Å². The highest BCUT2D eigenvalue weighted by molar-refractivity contribution is 5.46. The molecule has 3 fully saturated rings. The van der Waals surface area contributed by atoms with Crippen molar-refractivity contribution in [3.63, 3.8) is 0 Å². The predicted molar refractivity (Wildman–Crippen MR) is 121 cm³/mol. The molecule has 0 amide bonds. The number of likely N-dealkylation sites (tertiary alicyclic amines) is 1. The smallest absolute Gasteiger partial charge is 0.165 e. The SMILES string of the molecule is COc1cccc(CN2C[C@H]3C[C@@H](N4CCOCC4)[C@H](O)C[C@H]3C2)c1OCCN(C)C. The third kappa shape index (κ3) is 5.52. The molecule has 0 unspecified atom stereocenters. The van der Waals surface area contributed by atoms with Crippen LogP contribution in [0.4, 0.5) is 0 Å². The fourth-order valence-electron chi connectivity index (χ4n) is 5.52. The first-order valence-electron chi connectivity index (χ1n) is 11.7. The number of methoxy groups -OCH3 is 1. The molecule has 2 aliphatic heterocycles. The van der Waals surface area contributed by atoms with E-state index < -0.39 is 0 Å². The lowest BCUT2D eigenvalue weighted by Crippen LogP contribution is -2.53. The number of aliphatic hydroxyl groups is 1. The fraction of sp³-hybridized carbons (Fsp3) is 0.750. The summed E-state index contributed by atoms with van der Waals surface area (Å²) in [6.45, 7) is 7.97. The van der Waals surface area contributed by atoms with E-state index in [-0.39, 0.29) is 12.1 Å². The van der Waals surface area contributed by atoms with E-state index in [1.165, 1.54) is 5.56 Å². The van der Waals surface area contributed by atoms with Crippen molar-refractivity contribution in [3.8, 4) is 11.5 Å². The summed E-state index contributed by atoms with van der Waals surface area (Å²) >= 11 is 0. The number of morpholine rings is 1. The molecule has 0 aromatic heterocycles. The Kier molecular flexibility index (Phi) is 7.72. The van der Waals surface area contributed by atoms with Crippen LogP contribution in [0.25, 0.3) is 0 Å². The minimum Gasteiger partial charge on any atom is -0.493 e. The largest absolute Gasteiger partial charge is 0.493 e.